The monoisotopic (exact) mass is 340 g/mol. The first kappa shape index (κ1) is 19.2. The lowest BCUT2D eigenvalue weighted by molar-refractivity contribution is 0.0827. The van der Waals surface area contributed by atoms with Crippen LogP contribution in [-0.4, -0.2) is 42.6 Å². The molecule has 2 aromatic carbocycles. The Morgan fingerprint density at radius 3 is 2.32 bits per heavy atom. The fourth-order valence-electron chi connectivity index (χ4n) is 2.66. The summed E-state index contributed by atoms with van der Waals surface area (Å²) in [4.78, 5) is 13.5. The Labute approximate surface area is 150 Å². The molecule has 2 aromatic rings. The first-order valence-corrected chi connectivity index (χ1v) is 8.74. The van der Waals surface area contributed by atoms with Gasteiger partial charge >= 0.3 is 0 Å². The molecule has 2 atom stereocenters. The molecule has 0 bridgehead atoms. The standard InChI is InChI=1S/C21H28N2O2/c1-16(22-15-20(24)18-7-5-4-6-8-18)9-10-17-11-13-19(14-12-17)21(25)23(2)3/h4-8,11-14,16,20,22,24H,9-10,15H2,1-3H3/t16?,20-/m0/s1. The molecule has 25 heavy (non-hydrogen) atoms. The van der Waals surface area contributed by atoms with Crippen LogP contribution >= 0.6 is 0 Å². The van der Waals surface area contributed by atoms with Gasteiger partial charge in [0.25, 0.3) is 5.91 Å². The molecule has 4 nitrogen and oxygen atoms in total. The number of carbonyl (C=O) groups excluding carboxylic acids is 1. The highest BCUT2D eigenvalue weighted by molar-refractivity contribution is 5.93. The third-order valence-electron chi connectivity index (χ3n) is 4.32. The van der Waals surface area contributed by atoms with Crippen LogP contribution in [0, 0.1) is 0 Å². The summed E-state index contributed by atoms with van der Waals surface area (Å²) in [6.45, 7) is 2.67. The molecule has 2 N–H and O–H groups in total. The minimum absolute atomic E-state index is 0.0245. The van der Waals surface area contributed by atoms with E-state index in [4.69, 9.17) is 0 Å². The molecule has 0 aliphatic heterocycles. The van der Waals surface area contributed by atoms with Gasteiger partial charge < -0.3 is 15.3 Å². The zero-order chi connectivity index (χ0) is 18.2. The molecule has 0 aromatic heterocycles. The van der Waals surface area contributed by atoms with Gasteiger partial charge in [0.1, 0.15) is 0 Å². The predicted octanol–water partition coefficient (Wildman–Crippen LogP) is 3.03. The summed E-state index contributed by atoms with van der Waals surface area (Å²) in [6, 6.07) is 17.8. The van der Waals surface area contributed by atoms with Crippen molar-refractivity contribution in [1.82, 2.24) is 10.2 Å². The zero-order valence-corrected chi connectivity index (χ0v) is 15.3. The molecule has 0 saturated heterocycles. The van der Waals surface area contributed by atoms with Crippen LogP contribution in [0.15, 0.2) is 54.6 Å². The SMILES string of the molecule is CC(CCc1ccc(C(=O)N(C)C)cc1)NC[C@H](O)c1ccccc1. The fraction of sp³-hybridized carbons (Fsp3) is 0.381. The van der Waals surface area contributed by atoms with E-state index in [9.17, 15) is 9.90 Å². The van der Waals surface area contributed by atoms with Gasteiger partial charge in [-0.15, -0.1) is 0 Å². The van der Waals surface area contributed by atoms with Crippen molar-refractivity contribution in [3.63, 3.8) is 0 Å². The Morgan fingerprint density at radius 1 is 1.08 bits per heavy atom. The van der Waals surface area contributed by atoms with Gasteiger partial charge in [-0.05, 0) is 43.0 Å². The Kier molecular flexibility index (Phi) is 7.16. The van der Waals surface area contributed by atoms with E-state index in [0.717, 1.165) is 18.4 Å². The molecule has 0 saturated carbocycles. The number of aliphatic hydroxyl groups is 1. The molecule has 1 unspecified atom stereocenters. The average Bonchev–Trinajstić information content (AvgIpc) is 2.64. The second-order valence-corrected chi connectivity index (χ2v) is 6.67. The highest BCUT2D eigenvalue weighted by atomic mass is 16.3. The Balaban J connectivity index is 1.76. The highest BCUT2D eigenvalue weighted by Gasteiger charge is 2.10. The van der Waals surface area contributed by atoms with Gasteiger partial charge in [-0.1, -0.05) is 42.5 Å². The molecule has 0 radical (unpaired) electrons. The van der Waals surface area contributed by atoms with Gasteiger partial charge in [0.2, 0.25) is 0 Å². The molecular weight excluding hydrogens is 312 g/mol. The van der Waals surface area contributed by atoms with E-state index in [0.29, 0.717) is 18.2 Å². The van der Waals surface area contributed by atoms with Crippen LogP contribution in [0.4, 0.5) is 0 Å². The Bertz CT molecular complexity index is 653. The summed E-state index contributed by atoms with van der Waals surface area (Å²) < 4.78 is 0. The van der Waals surface area contributed by atoms with Gasteiger partial charge in [0.05, 0.1) is 6.10 Å². The molecule has 1 amide bonds. The van der Waals surface area contributed by atoms with Crippen LogP contribution in [0.1, 0.15) is 40.9 Å². The summed E-state index contributed by atoms with van der Waals surface area (Å²) in [6.07, 6.45) is 1.43. The van der Waals surface area contributed by atoms with Crippen LogP contribution < -0.4 is 5.32 Å². The minimum atomic E-state index is -0.486. The smallest absolute Gasteiger partial charge is 0.253 e. The number of hydrogen-bond donors (Lipinski definition) is 2. The lowest BCUT2D eigenvalue weighted by Crippen LogP contribution is -2.30. The van der Waals surface area contributed by atoms with E-state index in [1.807, 2.05) is 54.6 Å². The number of rotatable bonds is 8. The maximum atomic E-state index is 11.9. The van der Waals surface area contributed by atoms with Crippen LogP contribution in [0.5, 0.6) is 0 Å². The second kappa shape index (κ2) is 9.35. The topological polar surface area (TPSA) is 52.6 Å². The number of carbonyl (C=O) groups is 1. The van der Waals surface area contributed by atoms with Gasteiger partial charge in [0, 0.05) is 32.2 Å². The maximum Gasteiger partial charge on any atom is 0.253 e. The lowest BCUT2D eigenvalue weighted by atomic mass is 10.0. The zero-order valence-electron chi connectivity index (χ0n) is 15.3. The number of aryl methyl sites for hydroxylation is 1. The third-order valence-corrected chi connectivity index (χ3v) is 4.32. The average molecular weight is 340 g/mol. The predicted molar refractivity (Wildman–Crippen MR) is 102 cm³/mol. The number of nitrogens with one attached hydrogen (secondary N) is 1. The molecule has 4 heteroatoms. The van der Waals surface area contributed by atoms with E-state index in [1.54, 1.807) is 19.0 Å². The summed E-state index contributed by atoms with van der Waals surface area (Å²) >= 11 is 0. The van der Waals surface area contributed by atoms with Crippen molar-refractivity contribution in [2.45, 2.75) is 31.9 Å². The maximum absolute atomic E-state index is 11.9. The molecule has 0 aliphatic rings. The molecule has 0 aliphatic carbocycles. The second-order valence-electron chi connectivity index (χ2n) is 6.67. The van der Waals surface area contributed by atoms with E-state index in [-0.39, 0.29) is 5.91 Å². The number of hydrogen-bond acceptors (Lipinski definition) is 3. The molecule has 0 heterocycles. The minimum Gasteiger partial charge on any atom is -0.387 e. The van der Waals surface area contributed by atoms with Crippen LogP contribution in [-0.2, 0) is 6.42 Å². The molecule has 0 fully saturated rings. The van der Waals surface area contributed by atoms with Gasteiger partial charge in [-0.25, -0.2) is 0 Å². The van der Waals surface area contributed by atoms with E-state index < -0.39 is 6.10 Å². The number of nitrogens with zero attached hydrogens (tertiary/aromatic N) is 1. The van der Waals surface area contributed by atoms with E-state index in [2.05, 4.69) is 12.2 Å². The van der Waals surface area contributed by atoms with Gasteiger partial charge in [-0.2, -0.15) is 0 Å². The molecule has 2 rings (SSSR count). The van der Waals surface area contributed by atoms with Crippen LogP contribution in [0.2, 0.25) is 0 Å². The van der Waals surface area contributed by atoms with Crippen molar-refractivity contribution in [3.8, 4) is 0 Å². The first-order valence-electron chi connectivity index (χ1n) is 8.74. The third kappa shape index (κ3) is 6.00. The lowest BCUT2D eigenvalue weighted by Gasteiger charge is -2.17. The first-order chi connectivity index (χ1) is 12.0. The summed E-state index contributed by atoms with van der Waals surface area (Å²) in [5, 5.41) is 13.6. The number of amides is 1. The van der Waals surface area contributed by atoms with Crippen molar-refractivity contribution < 1.29 is 9.90 Å². The largest absolute Gasteiger partial charge is 0.387 e. The van der Waals surface area contributed by atoms with Crippen LogP contribution in [0.3, 0.4) is 0 Å². The molecule has 134 valence electrons. The van der Waals surface area contributed by atoms with Crippen molar-refractivity contribution >= 4 is 5.91 Å². The van der Waals surface area contributed by atoms with Crippen molar-refractivity contribution in [2.75, 3.05) is 20.6 Å². The van der Waals surface area contributed by atoms with Gasteiger partial charge in [-0.3, -0.25) is 4.79 Å². The van der Waals surface area contributed by atoms with E-state index in [1.165, 1.54) is 5.56 Å². The highest BCUT2D eigenvalue weighted by Crippen LogP contribution is 2.12. The van der Waals surface area contributed by atoms with Crippen molar-refractivity contribution in [3.05, 3.63) is 71.3 Å². The molecular formula is C21H28N2O2. The Hall–Kier alpha value is -2.17. The summed E-state index contributed by atoms with van der Waals surface area (Å²) in [5.74, 6) is 0.0245. The van der Waals surface area contributed by atoms with Crippen molar-refractivity contribution in [1.29, 1.82) is 0 Å². The van der Waals surface area contributed by atoms with Crippen molar-refractivity contribution in [2.24, 2.45) is 0 Å². The van der Waals surface area contributed by atoms with Crippen LogP contribution in [0.25, 0.3) is 0 Å². The summed E-state index contributed by atoms with van der Waals surface area (Å²) in [5.41, 5.74) is 2.86. The quantitative estimate of drug-likeness (QED) is 0.777. The summed E-state index contributed by atoms with van der Waals surface area (Å²) in [7, 11) is 3.51. The Morgan fingerprint density at radius 2 is 1.72 bits per heavy atom. The van der Waals surface area contributed by atoms with Gasteiger partial charge in [0.15, 0.2) is 0 Å². The number of benzene rings is 2. The fourth-order valence-corrected chi connectivity index (χ4v) is 2.66. The normalized spacial score (nSPS) is 13.3. The molecule has 0 spiro atoms. The van der Waals surface area contributed by atoms with E-state index >= 15 is 0 Å². The number of aliphatic hydroxyl groups excluding tert-OH is 1.